The number of fused-ring (bicyclic) bond motifs is 1. The molecule has 3 aromatic rings. The molecule has 0 spiro atoms. The predicted molar refractivity (Wildman–Crippen MR) is 92.1 cm³/mol. The first kappa shape index (κ1) is 15.9. The van der Waals surface area contributed by atoms with E-state index in [0.29, 0.717) is 18.4 Å². The van der Waals surface area contributed by atoms with Gasteiger partial charge in [-0.05, 0) is 29.8 Å². The van der Waals surface area contributed by atoms with E-state index < -0.39 is 0 Å². The molecule has 0 N–H and O–H groups in total. The van der Waals surface area contributed by atoms with Crippen LogP contribution in [0, 0.1) is 0 Å². The van der Waals surface area contributed by atoms with Crippen LogP contribution >= 0.6 is 0 Å². The van der Waals surface area contributed by atoms with E-state index in [-0.39, 0.29) is 11.7 Å². The number of ketones is 1. The number of imidazole rings is 1. The number of Topliss-reactive ketones (excluding diaryl/α,β-unsaturated/α-hetero) is 1. The van der Waals surface area contributed by atoms with Gasteiger partial charge in [-0.3, -0.25) is 9.59 Å². The van der Waals surface area contributed by atoms with Crippen LogP contribution in [-0.2, 0) is 17.6 Å². The van der Waals surface area contributed by atoms with Crippen LogP contribution in [0.4, 0.5) is 0 Å². The Morgan fingerprint density at radius 3 is 2.50 bits per heavy atom. The number of nitrogens with zero attached hydrogens (tertiary/aromatic N) is 3. The molecule has 1 amide bonds. The third-order valence-corrected chi connectivity index (χ3v) is 3.90. The van der Waals surface area contributed by atoms with Crippen molar-refractivity contribution in [3.8, 4) is 0 Å². The molecular weight excluding hydrogens is 302 g/mol. The summed E-state index contributed by atoms with van der Waals surface area (Å²) in [5, 5.41) is 0. The summed E-state index contributed by atoms with van der Waals surface area (Å²) < 4.78 is 1.93. The molecule has 3 rings (SSSR count). The molecule has 0 atom stereocenters. The maximum Gasteiger partial charge on any atom is 0.253 e. The largest absolute Gasteiger partial charge is 0.345 e. The topological polar surface area (TPSA) is 54.7 Å². The van der Waals surface area contributed by atoms with Crippen molar-refractivity contribution in [1.82, 2.24) is 14.3 Å². The van der Waals surface area contributed by atoms with E-state index in [2.05, 4.69) is 4.98 Å². The van der Waals surface area contributed by atoms with E-state index in [1.807, 2.05) is 40.9 Å². The quantitative estimate of drug-likeness (QED) is 0.725. The average molecular weight is 321 g/mol. The maximum absolute atomic E-state index is 12.4. The van der Waals surface area contributed by atoms with Gasteiger partial charge in [-0.25, -0.2) is 4.98 Å². The van der Waals surface area contributed by atoms with Gasteiger partial charge in [0.1, 0.15) is 11.4 Å². The highest BCUT2D eigenvalue weighted by Crippen LogP contribution is 2.11. The highest BCUT2D eigenvalue weighted by atomic mass is 16.2. The minimum Gasteiger partial charge on any atom is -0.345 e. The van der Waals surface area contributed by atoms with E-state index >= 15 is 0 Å². The lowest BCUT2D eigenvalue weighted by Crippen LogP contribution is -2.21. The zero-order valence-electron chi connectivity index (χ0n) is 13.8. The molecule has 1 aromatic carbocycles. The lowest BCUT2D eigenvalue weighted by atomic mass is 10.0. The molecule has 0 radical (unpaired) electrons. The van der Waals surface area contributed by atoms with Gasteiger partial charge in [0.15, 0.2) is 0 Å². The number of carbonyl (C=O) groups excluding carboxylic acids is 2. The van der Waals surface area contributed by atoms with Crippen molar-refractivity contribution >= 4 is 17.3 Å². The second-order valence-electron chi connectivity index (χ2n) is 5.96. The van der Waals surface area contributed by atoms with Crippen molar-refractivity contribution < 1.29 is 9.59 Å². The van der Waals surface area contributed by atoms with Gasteiger partial charge >= 0.3 is 0 Å². The van der Waals surface area contributed by atoms with Gasteiger partial charge in [-0.15, -0.1) is 0 Å². The Labute approximate surface area is 140 Å². The van der Waals surface area contributed by atoms with Crippen LogP contribution in [0.5, 0.6) is 0 Å². The number of amides is 1. The van der Waals surface area contributed by atoms with E-state index in [1.165, 1.54) is 4.90 Å². The van der Waals surface area contributed by atoms with Gasteiger partial charge in [-0.2, -0.15) is 0 Å². The van der Waals surface area contributed by atoms with Crippen LogP contribution in [0.3, 0.4) is 0 Å². The fourth-order valence-corrected chi connectivity index (χ4v) is 2.67. The molecule has 0 saturated heterocycles. The molecule has 0 bridgehead atoms. The number of pyridine rings is 1. The summed E-state index contributed by atoms with van der Waals surface area (Å²) in [6.45, 7) is 0. The normalized spacial score (nSPS) is 10.8. The van der Waals surface area contributed by atoms with E-state index in [9.17, 15) is 9.59 Å². The Morgan fingerprint density at radius 1 is 1.04 bits per heavy atom. The van der Waals surface area contributed by atoms with Gasteiger partial charge in [-0.1, -0.05) is 18.2 Å². The first-order valence-electron chi connectivity index (χ1n) is 7.78. The fourth-order valence-electron chi connectivity index (χ4n) is 2.67. The summed E-state index contributed by atoms with van der Waals surface area (Å²) in [6.07, 6.45) is 4.29. The van der Waals surface area contributed by atoms with Crippen molar-refractivity contribution in [2.45, 2.75) is 12.8 Å². The molecule has 0 aliphatic rings. The number of hydrogen-bond donors (Lipinski definition) is 0. The second kappa shape index (κ2) is 6.66. The lowest BCUT2D eigenvalue weighted by molar-refractivity contribution is -0.117. The van der Waals surface area contributed by atoms with Crippen LogP contribution in [0.25, 0.3) is 5.65 Å². The van der Waals surface area contributed by atoms with Crippen molar-refractivity contribution in [1.29, 1.82) is 0 Å². The number of rotatable bonds is 5. The Kier molecular flexibility index (Phi) is 4.42. The number of carbonyl (C=O) groups is 2. The van der Waals surface area contributed by atoms with Crippen molar-refractivity contribution in [2.24, 2.45) is 0 Å². The smallest absolute Gasteiger partial charge is 0.253 e. The van der Waals surface area contributed by atoms with E-state index in [1.54, 1.807) is 32.4 Å². The lowest BCUT2D eigenvalue weighted by Gasteiger charge is -2.10. The zero-order valence-corrected chi connectivity index (χ0v) is 13.8. The predicted octanol–water partition coefficient (Wildman–Crippen LogP) is 2.39. The number of benzene rings is 1. The Balaban J connectivity index is 1.69. The molecule has 0 aliphatic carbocycles. The van der Waals surface area contributed by atoms with Gasteiger partial charge < -0.3 is 9.30 Å². The number of aromatic nitrogens is 2. The molecule has 5 heteroatoms. The van der Waals surface area contributed by atoms with Gasteiger partial charge in [0.25, 0.3) is 5.91 Å². The summed E-state index contributed by atoms with van der Waals surface area (Å²) in [4.78, 5) is 30.0. The monoisotopic (exact) mass is 321 g/mol. The summed E-state index contributed by atoms with van der Waals surface area (Å²) in [5.74, 6) is 0.0857. The highest BCUT2D eigenvalue weighted by Gasteiger charge is 2.10. The van der Waals surface area contributed by atoms with Crippen LogP contribution in [0.15, 0.2) is 54.9 Å². The van der Waals surface area contributed by atoms with Gasteiger partial charge in [0, 0.05) is 50.6 Å². The second-order valence-corrected chi connectivity index (χ2v) is 5.96. The van der Waals surface area contributed by atoms with E-state index in [0.717, 1.165) is 16.9 Å². The first-order valence-corrected chi connectivity index (χ1v) is 7.78. The molecule has 0 unspecified atom stereocenters. The molecule has 2 heterocycles. The Bertz CT molecular complexity index is 879. The summed E-state index contributed by atoms with van der Waals surface area (Å²) in [7, 11) is 3.44. The Hall–Kier alpha value is -2.95. The minimum absolute atomic E-state index is 0.0420. The fraction of sp³-hybridized carbons (Fsp3) is 0.211. The first-order chi connectivity index (χ1) is 11.5. The zero-order chi connectivity index (χ0) is 17.1. The van der Waals surface area contributed by atoms with Gasteiger partial charge in [0.2, 0.25) is 0 Å². The summed E-state index contributed by atoms with van der Waals surface area (Å²) in [5.41, 5.74) is 3.30. The molecule has 24 heavy (non-hydrogen) atoms. The average Bonchev–Trinajstić information content (AvgIpc) is 3.04. The molecule has 122 valence electrons. The third kappa shape index (κ3) is 3.35. The molecule has 5 nitrogen and oxygen atoms in total. The minimum atomic E-state index is -0.0420. The number of hydrogen-bond acceptors (Lipinski definition) is 3. The molecule has 0 aliphatic heterocycles. The van der Waals surface area contributed by atoms with E-state index in [4.69, 9.17) is 0 Å². The standard InChI is InChI=1S/C19H19N3O2/c1-21(2)19(24)15-8-6-14(7-9-15)12-17(23)13-16-4-3-5-18-20-10-11-22(16)18/h3-11H,12-13H2,1-2H3. The van der Waals surface area contributed by atoms with Crippen molar-refractivity contribution in [2.75, 3.05) is 14.1 Å². The van der Waals surface area contributed by atoms with Crippen molar-refractivity contribution in [3.63, 3.8) is 0 Å². The SMILES string of the molecule is CN(C)C(=O)c1ccc(CC(=O)Cc2cccc3nccn23)cc1. The highest BCUT2D eigenvalue weighted by molar-refractivity contribution is 5.94. The molecule has 0 saturated carbocycles. The van der Waals surface area contributed by atoms with Gasteiger partial charge in [0.05, 0.1) is 0 Å². The van der Waals surface area contributed by atoms with Crippen LogP contribution in [-0.4, -0.2) is 40.1 Å². The summed E-state index contributed by atoms with van der Waals surface area (Å²) >= 11 is 0. The van der Waals surface area contributed by atoms with Crippen LogP contribution < -0.4 is 0 Å². The van der Waals surface area contributed by atoms with Crippen LogP contribution in [0.2, 0.25) is 0 Å². The maximum atomic E-state index is 12.4. The van der Waals surface area contributed by atoms with Crippen molar-refractivity contribution in [3.05, 3.63) is 71.7 Å². The molecular formula is C19H19N3O2. The Morgan fingerprint density at radius 2 is 1.79 bits per heavy atom. The van der Waals surface area contributed by atoms with Crippen LogP contribution in [0.1, 0.15) is 21.6 Å². The summed E-state index contributed by atoms with van der Waals surface area (Å²) in [6, 6.07) is 13.0. The third-order valence-electron chi connectivity index (χ3n) is 3.90. The molecule has 2 aromatic heterocycles. The molecule has 0 fully saturated rings.